The van der Waals surface area contributed by atoms with Crippen molar-refractivity contribution < 1.29 is 9.59 Å². The molecule has 0 saturated carbocycles. The third-order valence-electron chi connectivity index (χ3n) is 5.19. The number of aryl methyl sites for hydroxylation is 1. The number of hydrogen-bond donors (Lipinski definition) is 3. The fourth-order valence-corrected chi connectivity index (χ4v) is 4.15. The lowest BCUT2D eigenvalue weighted by atomic mass is 10.0. The highest BCUT2D eigenvalue weighted by Gasteiger charge is 2.25. The normalized spacial score (nSPS) is 17.8. The van der Waals surface area contributed by atoms with Crippen molar-refractivity contribution in [2.45, 2.75) is 19.8 Å². The van der Waals surface area contributed by atoms with Crippen LogP contribution in [0, 0.1) is 6.92 Å². The number of H-pyrrole nitrogens is 1. The second-order valence-electron chi connectivity index (χ2n) is 7.29. The van der Waals surface area contributed by atoms with E-state index in [0.717, 1.165) is 41.1 Å². The van der Waals surface area contributed by atoms with Crippen molar-refractivity contribution in [3.63, 3.8) is 0 Å². The molecule has 2 aliphatic rings. The van der Waals surface area contributed by atoms with E-state index in [1.54, 1.807) is 6.08 Å². The Balaban J connectivity index is 1.55. The molecule has 1 saturated heterocycles. The summed E-state index contributed by atoms with van der Waals surface area (Å²) in [6.45, 7) is 5.62. The molecule has 2 aromatic rings. The number of aromatic amines is 1. The first-order valence-electron chi connectivity index (χ1n) is 9.54. The monoisotopic (exact) mass is 442 g/mol. The Hall–Kier alpha value is -2.38. The molecule has 0 aliphatic carbocycles. The first kappa shape index (κ1) is 19.0. The van der Waals surface area contributed by atoms with Crippen LogP contribution in [0.4, 0.5) is 5.69 Å². The lowest BCUT2D eigenvalue weighted by Crippen LogP contribution is -2.33. The highest BCUT2D eigenvalue weighted by molar-refractivity contribution is 9.10. The summed E-state index contributed by atoms with van der Waals surface area (Å²) in [5, 5.41) is 5.87. The minimum atomic E-state index is -0.166. The molecule has 1 fully saturated rings. The minimum Gasteiger partial charge on any atom is -0.358 e. The van der Waals surface area contributed by atoms with Crippen LogP contribution in [0.1, 0.15) is 40.2 Å². The zero-order valence-corrected chi connectivity index (χ0v) is 17.4. The van der Waals surface area contributed by atoms with Gasteiger partial charge in [-0.3, -0.25) is 9.59 Å². The van der Waals surface area contributed by atoms with Crippen LogP contribution in [0.3, 0.4) is 0 Å². The molecule has 3 N–H and O–H groups in total. The number of carbonyl (C=O) groups excluding carboxylic acids is 2. The van der Waals surface area contributed by atoms with Gasteiger partial charge in [0.2, 0.25) is 0 Å². The zero-order chi connectivity index (χ0) is 19.7. The molecule has 0 unspecified atom stereocenters. The molecule has 7 heteroatoms. The van der Waals surface area contributed by atoms with Crippen LogP contribution in [-0.4, -0.2) is 47.9 Å². The number of anilines is 1. The van der Waals surface area contributed by atoms with E-state index in [4.69, 9.17) is 0 Å². The summed E-state index contributed by atoms with van der Waals surface area (Å²) in [4.78, 5) is 30.7. The van der Waals surface area contributed by atoms with Gasteiger partial charge in [-0.05, 0) is 63.2 Å². The van der Waals surface area contributed by atoms with Crippen LogP contribution in [0.15, 0.2) is 28.7 Å². The van der Waals surface area contributed by atoms with Gasteiger partial charge in [0.15, 0.2) is 0 Å². The fraction of sp³-hybridized carbons (Fsp3) is 0.333. The molecule has 4 rings (SSSR count). The number of nitrogens with one attached hydrogen (secondary N) is 3. The second kappa shape index (κ2) is 7.93. The molecule has 3 heterocycles. The fourth-order valence-electron chi connectivity index (χ4n) is 3.79. The molecule has 1 aromatic heterocycles. The number of hydrogen-bond acceptors (Lipinski definition) is 3. The molecule has 6 nitrogen and oxygen atoms in total. The molecular weight excluding hydrogens is 420 g/mol. The van der Waals surface area contributed by atoms with Gasteiger partial charge in [-0.1, -0.05) is 15.9 Å². The maximum atomic E-state index is 12.7. The molecule has 28 heavy (non-hydrogen) atoms. The number of nitrogens with zero attached hydrogens (tertiary/aromatic N) is 1. The number of carbonyl (C=O) groups is 2. The smallest absolute Gasteiger partial charge is 0.256 e. The van der Waals surface area contributed by atoms with Gasteiger partial charge < -0.3 is 20.5 Å². The molecule has 0 radical (unpaired) electrons. The van der Waals surface area contributed by atoms with E-state index < -0.39 is 0 Å². The summed E-state index contributed by atoms with van der Waals surface area (Å²) in [5.74, 6) is -0.288. The van der Waals surface area contributed by atoms with Gasteiger partial charge in [-0.25, -0.2) is 0 Å². The van der Waals surface area contributed by atoms with Crippen LogP contribution in [0.5, 0.6) is 0 Å². The van der Waals surface area contributed by atoms with E-state index in [1.807, 2.05) is 31.2 Å². The number of amides is 2. The third kappa shape index (κ3) is 3.91. The predicted octanol–water partition coefficient (Wildman–Crippen LogP) is 3.40. The summed E-state index contributed by atoms with van der Waals surface area (Å²) in [7, 11) is 0. The first-order valence-corrected chi connectivity index (χ1v) is 10.3. The summed E-state index contributed by atoms with van der Waals surface area (Å²) in [5.41, 5.74) is 4.23. The SMILES string of the molecule is Cc1cc(C(=O)NCCN2CCCC2)c(/C=C2\C(=O)Nc3ccc(Br)cc32)[nH]1. The van der Waals surface area contributed by atoms with E-state index in [-0.39, 0.29) is 11.8 Å². The molecule has 146 valence electrons. The van der Waals surface area contributed by atoms with Gasteiger partial charge in [0.25, 0.3) is 11.8 Å². The largest absolute Gasteiger partial charge is 0.358 e. The number of rotatable bonds is 5. The van der Waals surface area contributed by atoms with Crippen molar-refractivity contribution in [2.75, 3.05) is 31.5 Å². The van der Waals surface area contributed by atoms with Gasteiger partial charge in [-0.2, -0.15) is 0 Å². The average molecular weight is 443 g/mol. The van der Waals surface area contributed by atoms with E-state index in [2.05, 4.69) is 36.4 Å². The Morgan fingerprint density at radius 2 is 2.07 bits per heavy atom. The van der Waals surface area contributed by atoms with Gasteiger partial charge in [0.1, 0.15) is 0 Å². The maximum absolute atomic E-state index is 12.7. The summed E-state index contributed by atoms with van der Waals surface area (Å²) < 4.78 is 0.899. The predicted molar refractivity (Wildman–Crippen MR) is 114 cm³/mol. The first-order chi connectivity index (χ1) is 13.5. The zero-order valence-electron chi connectivity index (χ0n) is 15.8. The van der Waals surface area contributed by atoms with Crippen molar-refractivity contribution in [3.8, 4) is 0 Å². The highest BCUT2D eigenvalue weighted by Crippen LogP contribution is 2.35. The molecule has 0 spiro atoms. The lowest BCUT2D eigenvalue weighted by molar-refractivity contribution is -0.110. The molecule has 0 bridgehead atoms. The van der Waals surface area contributed by atoms with Gasteiger partial charge in [-0.15, -0.1) is 0 Å². The Morgan fingerprint density at radius 1 is 1.29 bits per heavy atom. The van der Waals surface area contributed by atoms with Crippen molar-refractivity contribution in [3.05, 3.63) is 51.3 Å². The van der Waals surface area contributed by atoms with E-state index in [1.165, 1.54) is 12.8 Å². The van der Waals surface area contributed by atoms with Crippen molar-refractivity contribution in [2.24, 2.45) is 0 Å². The Bertz CT molecular complexity index is 957. The topological polar surface area (TPSA) is 77.2 Å². The van der Waals surface area contributed by atoms with Gasteiger partial charge >= 0.3 is 0 Å². The number of likely N-dealkylation sites (tertiary alicyclic amines) is 1. The number of halogens is 1. The number of fused-ring (bicyclic) bond motifs is 1. The molecule has 0 atom stereocenters. The Morgan fingerprint density at radius 3 is 2.86 bits per heavy atom. The van der Waals surface area contributed by atoms with Crippen molar-refractivity contribution in [1.29, 1.82) is 0 Å². The van der Waals surface area contributed by atoms with Crippen LogP contribution < -0.4 is 10.6 Å². The minimum absolute atomic E-state index is 0.122. The average Bonchev–Trinajstić information content (AvgIpc) is 3.36. The Labute approximate surface area is 172 Å². The maximum Gasteiger partial charge on any atom is 0.256 e. The van der Waals surface area contributed by atoms with E-state index in [9.17, 15) is 9.59 Å². The standard InChI is InChI=1S/C21H23BrN4O2/c1-13-10-17(20(27)23-6-9-26-7-2-3-8-26)19(24-13)12-16-15-11-14(22)4-5-18(15)25-21(16)28/h4-5,10-12,24H,2-3,6-9H2,1H3,(H,23,27)(H,25,28)/b16-12-. The summed E-state index contributed by atoms with van der Waals surface area (Å²) in [6, 6.07) is 7.49. The highest BCUT2D eigenvalue weighted by atomic mass is 79.9. The van der Waals surface area contributed by atoms with Crippen molar-refractivity contribution >= 4 is 45.1 Å². The van der Waals surface area contributed by atoms with Gasteiger partial charge in [0, 0.05) is 34.5 Å². The lowest BCUT2D eigenvalue weighted by Gasteiger charge is -2.14. The second-order valence-corrected chi connectivity index (χ2v) is 8.20. The molecular formula is C21H23BrN4O2. The van der Waals surface area contributed by atoms with Crippen LogP contribution in [-0.2, 0) is 4.79 Å². The molecule has 1 aromatic carbocycles. The quantitative estimate of drug-likeness (QED) is 0.620. The van der Waals surface area contributed by atoms with Crippen molar-refractivity contribution in [1.82, 2.24) is 15.2 Å². The van der Waals surface area contributed by atoms with Crippen LogP contribution in [0.25, 0.3) is 11.6 Å². The van der Waals surface area contributed by atoms with Crippen LogP contribution in [0.2, 0.25) is 0 Å². The van der Waals surface area contributed by atoms with E-state index >= 15 is 0 Å². The number of benzene rings is 1. The van der Waals surface area contributed by atoms with Crippen LogP contribution >= 0.6 is 15.9 Å². The summed E-state index contributed by atoms with van der Waals surface area (Å²) >= 11 is 3.45. The van der Waals surface area contributed by atoms with E-state index in [0.29, 0.717) is 23.4 Å². The van der Waals surface area contributed by atoms with Gasteiger partial charge in [0.05, 0.1) is 16.8 Å². The summed E-state index contributed by atoms with van der Waals surface area (Å²) in [6.07, 6.45) is 4.24. The molecule has 2 aliphatic heterocycles. The molecule has 2 amide bonds. The Kier molecular flexibility index (Phi) is 5.37. The third-order valence-corrected chi connectivity index (χ3v) is 5.69. The number of aromatic nitrogens is 1.